The number of carbonyl (C=O) groups is 1. The van der Waals surface area contributed by atoms with Crippen LogP contribution < -0.4 is 15.0 Å². The summed E-state index contributed by atoms with van der Waals surface area (Å²) >= 11 is 0. The van der Waals surface area contributed by atoms with Crippen molar-refractivity contribution in [1.82, 2.24) is 5.32 Å². The highest BCUT2D eigenvalue weighted by Crippen LogP contribution is 2.54. The van der Waals surface area contributed by atoms with Crippen LogP contribution in [0.1, 0.15) is 45.7 Å². The molecule has 0 radical (unpaired) electrons. The maximum Gasteiger partial charge on any atom is 0.240 e. The van der Waals surface area contributed by atoms with Gasteiger partial charge in [-0.25, -0.2) is 0 Å². The number of ether oxygens (including phenoxy) is 1. The average molecular weight is 377 g/mol. The summed E-state index contributed by atoms with van der Waals surface area (Å²) in [6.07, 6.45) is 4.22. The Labute approximate surface area is 167 Å². The Morgan fingerprint density at radius 3 is 2.50 bits per heavy atom. The molecule has 0 saturated heterocycles. The van der Waals surface area contributed by atoms with Gasteiger partial charge in [0.1, 0.15) is 12.3 Å². The van der Waals surface area contributed by atoms with Gasteiger partial charge >= 0.3 is 0 Å². The van der Waals surface area contributed by atoms with Crippen molar-refractivity contribution in [2.45, 2.75) is 51.3 Å². The van der Waals surface area contributed by atoms with Crippen molar-refractivity contribution in [3.8, 4) is 5.75 Å². The van der Waals surface area contributed by atoms with Crippen LogP contribution in [0.4, 0.5) is 5.69 Å². The predicted octanol–water partition coefficient (Wildman–Crippen LogP) is 4.50. The van der Waals surface area contributed by atoms with Crippen LogP contribution in [0, 0.1) is 0 Å². The van der Waals surface area contributed by atoms with Gasteiger partial charge in [0.25, 0.3) is 0 Å². The third kappa shape index (κ3) is 2.79. The van der Waals surface area contributed by atoms with Crippen molar-refractivity contribution in [3.63, 3.8) is 0 Å². The number of nitrogens with zero attached hydrogens (tertiary/aromatic N) is 1. The van der Waals surface area contributed by atoms with E-state index in [0.717, 1.165) is 17.0 Å². The Morgan fingerprint density at radius 2 is 1.75 bits per heavy atom. The molecule has 1 atom stereocenters. The third-order valence-electron chi connectivity index (χ3n) is 5.65. The summed E-state index contributed by atoms with van der Waals surface area (Å²) in [6.45, 7) is 10.6. The van der Waals surface area contributed by atoms with Gasteiger partial charge in [-0.05, 0) is 64.5 Å². The molecule has 2 heterocycles. The number of benzene rings is 2. The Morgan fingerprint density at radius 1 is 1.07 bits per heavy atom. The zero-order chi connectivity index (χ0) is 20.2. The van der Waals surface area contributed by atoms with E-state index in [0.29, 0.717) is 0 Å². The lowest BCUT2D eigenvalue weighted by Gasteiger charge is -2.47. The van der Waals surface area contributed by atoms with Crippen LogP contribution >= 0.6 is 0 Å². The van der Waals surface area contributed by atoms with E-state index in [-0.39, 0.29) is 23.4 Å². The molecule has 2 aliphatic heterocycles. The van der Waals surface area contributed by atoms with E-state index in [1.54, 1.807) is 0 Å². The maximum atomic E-state index is 12.9. The molecule has 2 aromatic rings. The van der Waals surface area contributed by atoms with E-state index < -0.39 is 5.72 Å². The number of hydrogen-bond acceptors (Lipinski definition) is 3. The van der Waals surface area contributed by atoms with Crippen LogP contribution in [0.25, 0.3) is 6.08 Å². The third-order valence-corrected chi connectivity index (χ3v) is 5.65. The topological polar surface area (TPSA) is 41.6 Å². The lowest BCUT2D eigenvalue weighted by Crippen LogP contribution is -2.61. The summed E-state index contributed by atoms with van der Waals surface area (Å²) in [5.74, 6) is 0.822. The van der Waals surface area contributed by atoms with Gasteiger partial charge in [-0.3, -0.25) is 4.79 Å². The van der Waals surface area contributed by atoms with Gasteiger partial charge in [0.15, 0.2) is 0 Å². The minimum absolute atomic E-state index is 0.0183. The SMILES string of the molecule is CC(C)(C)NC(=O)CN1c2ccccc2C(C)(C)[C@]12C=Cc1ccccc1O2. The molecular formula is C24H28N2O2. The molecule has 0 saturated carbocycles. The van der Waals surface area contributed by atoms with Crippen LogP contribution in [-0.2, 0) is 10.2 Å². The molecule has 2 aromatic carbocycles. The number of amides is 1. The fourth-order valence-electron chi connectivity index (χ4n) is 4.35. The van der Waals surface area contributed by atoms with E-state index >= 15 is 0 Å². The summed E-state index contributed by atoms with van der Waals surface area (Å²) in [4.78, 5) is 15.0. The van der Waals surface area contributed by atoms with Gasteiger partial charge in [0, 0.05) is 16.8 Å². The molecule has 28 heavy (non-hydrogen) atoms. The molecule has 0 unspecified atom stereocenters. The number of fused-ring (bicyclic) bond motifs is 2. The number of carbonyl (C=O) groups excluding carboxylic acids is 1. The van der Waals surface area contributed by atoms with Crippen molar-refractivity contribution < 1.29 is 9.53 Å². The number of anilines is 1. The van der Waals surface area contributed by atoms with Gasteiger partial charge in [-0.15, -0.1) is 0 Å². The van der Waals surface area contributed by atoms with Crippen molar-refractivity contribution in [2.75, 3.05) is 11.4 Å². The molecule has 4 heteroatoms. The highest BCUT2D eigenvalue weighted by molar-refractivity contribution is 5.85. The molecular weight excluding hydrogens is 348 g/mol. The Balaban J connectivity index is 1.81. The van der Waals surface area contributed by atoms with Crippen LogP contribution in [0.3, 0.4) is 0 Å². The maximum absolute atomic E-state index is 12.9. The summed E-state index contributed by atoms with van der Waals surface area (Å²) in [7, 11) is 0. The van der Waals surface area contributed by atoms with Crippen LogP contribution in [0.5, 0.6) is 5.75 Å². The van der Waals surface area contributed by atoms with E-state index in [1.165, 1.54) is 5.56 Å². The summed E-state index contributed by atoms with van der Waals surface area (Å²) < 4.78 is 6.68. The lowest BCUT2D eigenvalue weighted by molar-refractivity contribution is -0.121. The van der Waals surface area contributed by atoms with Crippen LogP contribution in [0.15, 0.2) is 54.6 Å². The highest BCUT2D eigenvalue weighted by atomic mass is 16.5. The molecule has 0 aromatic heterocycles. The monoisotopic (exact) mass is 376 g/mol. The van der Waals surface area contributed by atoms with Crippen LogP contribution in [0.2, 0.25) is 0 Å². The van der Waals surface area contributed by atoms with Crippen molar-refractivity contribution in [3.05, 3.63) is 65.7 Å². The highest BCUT2D eigenvalue weighted by Gasteiger charge is 2.59. The Hall–Kier alpha value is -2.75. The fraction of sp³-hybridized carbons (Fsp3) is 0.375. The Kier molecular flexibility index (Phi) is 4.07. The molecule has 0 fully saturated rings. The second-order valence-corrected chi connectivity index (χ2v) is 9.20. The van der Waals surface area contributed by atoms with Gasteiger partial charge in [-0.1, -0.05) is 36.4 Å². The van der Waals surface area contributed by atoms with Crippen LogP contribution in [-0.4, -0.2) is 23.7 Å². The molecule has 1 amide bonds. The van der Waals surface area contributed by atoms with E-state index in [2.05, 4.69) is 48.3 Å². The largest absolute Gasteiger partial charge is 0.463 e. The van der Waals surface area contributed by atoms with Gasteiger partial charge in [0.05, 0.1) is 5.41 Å². The first-order valence-electron chi connectivity index (χ1n) is 9.79. The number of para-hydroxylation sites is 2. The summed E-state index contributed by atoms with van der Waals surface area (Å²) in [5.41, 5.74) is 1.90. The fourth-order valence-corrected chi connectivity index (χ4v) is 4.35. The van der Waals surface area contributed by atoms with E-state index in [1.807, 2.05) is 57.2 Å². The van der Waals surface area contributed by atoms with E-state index in [4.69, 9.17) is 4.74 Å². The van der Waals surface area contributed by atoms with Gasteiger partial charge in [-0.2, -0.15) is 0 Å². The quantitative estimate of drug-likeness (QED) is 0.839. The molecule has 1 N–H and O–H groups in total. The second-order valence-electron chi connectivity index (χ2n) is 9.20. The first-order valence-corrected chi connectivity index (χ1v) is 9.79. The minimum atomic E-state index is -0.764. The molecule has 0 bridgehead atoms. The Bertz CT molecular complexity index is 955. The number of hydrogen-bond donors (Lipinski definition) is 1. The molecule has 4 nitrogen and oxygen atoms in total. The molecule has 0 aliphatic carbocycles. The summed E-state index contributed by atoms with van der Waals surface area (Å²) in [5, 5.41) is 3.09. The zero-order valence-corrected chi connectivity index (χ0v) is 17.2. The smallest absolute Gasteiger partial charge is 0.240 e. The average Bonchev–Trinajstić information content (AvgIpc) is 2.79. The molecule has 4 rings (SSSR count). The second kappa shape index (κ2) is 6.13. The first kappa shape index (κ1) is 18.6. The normalized spacial score (nSPS) is 21.8. The molecule has 1 spiro atoms. The number of nitrogens with one attached hydrogen (secondary N) is 1. The first-order chi connectivity index (χ1) is 13.1. The zero-order valence-electron chi connectivity index (χ0n) is 17.2. The minimum Gasteiger partial charge on any atom is -0.463 e. The summed E-state index contributed by atoms with van der Waals surface area (Å²) in [6, 6.07) is 16.3. The van der Waals surface area contributed by atoms with Crippen molar-refractivity contribution in [1.29, 1.82) is 0 Å². The molecule has 2 aliphatic rings. The van der Waals surface area contributed by atoms with Gasteiger partial charge < -0.3 is 15.0 Å². The van der Waals surface area contributed by atoms with Crippen molar-refractivity contribution >= 4 is 17.7 Å². The predicted molar refractivity (Wildman–Crippen MR) is 114 cm³/mol. The van der Waals surface area contributed by atoms with E-state index in [9.17, 15) is 4.79 Å². The van der Waals surface area contributed by atoms with Gasteiger partial charge in [0.2, 0.25) is 11.6 Å². The molecule has 146 valence electrons. The number of rotatable bonds is 2. The van der Waals surface area contributed by atoms with Crippen molar-refractivity contribution in [2.24, 2.45) is 0 Å². The lowest BCUT2D eigenvalue weighted by atomic mass is 9.76. The standard InChI is InChI=1S/C24H28N2O2/c1-22(2,3)25-21(27)16-26-19-12-8-7-11-18(19)23(4,5)24(26)15-14-17-10-6-9-13-20(17)28-24/h6-15H,16H2,1-5H3,(H,25,27)/t24-/m1/s1.